The molecule has 1 aliphatic rings. The molecular weight excluding hydrogens is 252 g/mol. The van der Waals surface area contributed by atoms with Crippen LogP contribution < -0.4 is 0 Å². The molecule has 0 unspecified atom stereocenters. The number of carboxylic acids is 1. The highest BCUT2D eigenvalue weighted by molar-refractivity contribution is 5.74. The van der Waals surface area contributed by atoms with Crippen molar-refractivity contribution in [1.82, 2.24) is 9.88 Å². The lowest BCUT2D eigenvalue weighted by Gasteiger charge is -2.38. The lowest BCUT2D eigenvalue weighted by molar-refractivity contribution is -0.152. The predicted octanol–water partition coefficient (Wildman–Crippen LogP) is 2.59. The molecule has 4 nitrogen and oxygen atoms in total. The van der Waals surface area contributed by atoms with Crippen LogP contribution in [-0.4, -0.2) is 40.6 Å². The fourth-order valence-corrected chi connectivity index (χ4v) is 3.07. The molecule has 0 aromatic carbocycles. The number of aliphatic carboxylic acids is 1. The smallest absolute Gasteiger partial charge is 0.309 e. The number of hydrogen-bond acceptors (Lipinski definition) is 3. The van der Waals surface area contributed by atoms with Gasteiger partial charge in [-0.3, -0.25) is 9.78 Å². The third-order valence-electron chi connectivity index (χ3n) is 4.41. The van der Waals surface area contributed by atoms with Gasteiger partial charge in [-0.25, -0.2) is 0 Å². The minimum Gasteiger partial charge on any atom is -0.481 e. The Kier molecular flexibility index (Phi) is 5.12. The highest BCUT2D eigenvalue weighted by Gasteiger charge is 2.40. The van der Waals surface area contributed by atoms with Crippen molar-refractivity contribution in [3.63, 3.8) is 0 Å². The number of pyridine rings is 1. The summed E-state index contributed by atoms with van der Waals surface area (Å²) in [5.41, 5.74) is 0.632. The monoisotopic (exact) mass is 276 g/mol. The van der Waals surface area contributed by atoms with Gasteiger partial charge < -0.3 is 10.0 Å². The maximum atomic E-state index is 11.5. The van der Waals surface area contributed by atoms with Gasteiger partial charge in [0.2, 0.25) is 0 Å². The number of aromatic nitrogens is 1. The van der Waals surface area contributed by atoms with Crippen LogP contribution in [0.5, 0.6) is 0 Å². The molecule has 4 heteroatoms. The summed E-state index contributed by atoms with van der Waals surface area (Å²) in [7, 11) is 0. The molecule has 20 heavy (non-hydrogen) atoms. The Morgan fingerprint density at radius 1 is 1.40 bits per heavy atom. The number of hydrogen-bond donors (Lipinski definition) is 1. The first-order valence-corrected chi connectivity index (χ1v) is 7.52. The molecule has 0 atom stereocenters. The van der Waals surface area contributed by atoms with Gasteiger partial charge in [-0.15, -0.1) is 0 Å². The second-order valence-corrected chi connectivity index (χ2v) is 5.75. The van der Waals surface area contributed by atoms with Crippen molar-refractivity contribution >= 4 is 5.97 Å². The normalized spacial score (nSPS) is 18.9. The molecule has 0 amide bonds. The van der Waals surface area contributed by atoms with Gasteiger partial charge in [0, 0.05) is 24.9 Å². The Hall–Kier alpha value is -1.42. The van der Waals surface area contributed by atoms with E-state index in [4.69, 9.17) is 0 Å². The van der Waals surface area contributed by atoms with Crippen molar-refractivity contribution in [2.75, 3.05) is 19.6 Å². The van der Waals surface area contributed by atoms with E-state index >= 15 is 0 Å². The van der Waals surface area contributed by atoms with E-state index < -0.39 is 11.4 Å². The van der Waals surface area contributed by atoms with Crippen molar-refractivity contribution in [2.45, 2.75) is 39.0 Å². The number of likely N-dealkylation sites (tertiary alicyclic amines) is 1. The Morgan fingerprint density at radius 2 is 2.15 bits per heavy atom. The molecule has 1 saturated heterocycles. The van der Waals surface area contributed by atoms with Crippen LogP contribution in [0.2, 0.25) is 0 Å². The molecule has 1 aromatic heterocycles. The Morgan fingerprint density at radius 3 is 2.70 bits per heavy atom. The summed E-state index contributed by atoms with van der Waals surface area (Å²) in [6.07, 6.45) is 6.06. The molecule has 1 aromatic rings. The summed E-state index contributed by atoms with van der Waals surface area (Å²) in [6, 6.07) is 5.98. The number of piperidine rings is 1. The quantitative estimate of drug-likeness (QED) is 0.867. The summed E-state index contributed by atoms with van der Waals surface area (Å²) in [6.45, 7) is 4.81. The zero-order valence-corrected chi connectivity index (χ0v) is 12.2. The highest BCUT2D eigenvalue weighted by Crippen LogP contribution is 2.36. The first kappa shape index (κ1) is 15.0. The number of carbonyl (C=O) groups is 1. The van der Waals surface area contributed by atoms with Crippen LogP contribution >= 0.6 is 0 Å². The van der Waals surface area contributed by atoms with Gasteiger partial charge in [-0.05, 0) is 44.5 Å². The number of nitrogens with zero attached hydrogens (tertiary/aromatic N) is 2. The van der Waals surface area contributed by atoms with Gasteiger partial charge in [0.05, 0.1) is 5.41 Å². The zero-order valence-electron chi connectivity index (χ0n) is 12.2. The van der Waals surface area contributed by atoms with Crippen LogP contribution in [0, 0.1) is 5.41 Å². The fraction of sp³-hybridized carbons (Fsp3) is 0.625. The minimum absolute atomic E-state index is 0.476. The maximum absolute atomic E-state index is 11.5. The van der Waals surface area contributed by atoms with Crippen LogP contribution in [0.4, 0.5) is 0 Å². The molecule has 2 heterocycles. The first-order valence-electron chi connectivity index (χ1n) is 7.52. The van der Waals surface area contributed by atoms with E-state index in [1.54, 1.807) is 0 Å². The van der Waals surface area contributed by atoms with Gasteiger partial charge in [-0.1, -0.05) is 19.4 Å². The first-order chi connectivity index (χ1) is 9.66. The summed E-state index contributed by atoms with van der Waals surface area (Å²) < 4.78 is 0. The number of carboxylic acid groups (broad SMARTS) is 1. The van der Waals surface area contributed by atoms with Crippen LogP contribution in [0.15, 0.2) is 24.4 Å². The minimum atomic E-state index is -0.608. The van der Waals surface area contributed by atoms with Crippen LogP contribution in [-0.2, 0) is 11.2 Å². The summed E-state index contributed by atoms with van der Waals surface area (Å²) in [5, 5.41) is 9.49. The Balaban J connectivity index is 1.83. The topological polar surface area (TPSA) is 53.4 Å². The molecule has 1 aliphatic heterocycles. The lowest BCUT2D eigenvalue weighted by Crippen LogP contribution is -2.44. The second kappa shape index (κ2) is 6.84. The SMILES string of the molecule is CCCC1(C(=O)O)CCN(CCc2ccccn2)CC1. The van der Waals surface area contributed by atoms with E-state index in [9.17, 15) is 9.90 Å². The average Bonchev–Trinajstić information content (AvgIpc) is 2.48. The number of rotatable bonds is 6. The van der Waals surface area contributed by atoms with Crippen LogP contribution in [0.3, 0.4) is 0 Å². The molecule has 0 bridgehead atoms. The Labute approximate surface area is 120 Å². The van der Waals surface area contributed by atoms with Gasteiger partial charge in [0.15, 0.2) is 0 Å². The second-order valence-electron chi connectivity index (χ2n) is 5.75. The molecule has 0 saturated carbocycles. The summed E-state index contributed by atoms with van der Waals surface area (Å²) in [4.78, 5) is 18.2. The standard InChI is InChI=1S/C16H24N2O2/c1-2-7-16(15(19)20)8-12-18(13-9-16)11-6-14-5-3-4-10-17-14/h3-5,10H,2,6-9,11-13H2,1H3,(H,19,20). The molecule has 0 aliphatic carbocycles. The molecule has 0 spiro atoms. The lowest BCUT2D eigenvalue weighted by atomic mass is 9.75. The van der Waals surface area contributed by atoms with E-state index in [0.717, 1.165) is 57.4 Å². The third kappa shape index (κ3) is 3.57. The van der Waals surface area contributed by atoms with E-state index in [2.05, 4.69) is 16.8 Å². The zero-order chi connectivity index (χ0) is 14.4. The van der Waals surface area contributed by atoms with Gasteiger partial charge in [-0.2, -0.15) is 0 Å². The van der Waals surface area contributed by atoms with Gasteiger partial charge >= 0.3 is 5.97 Å². The largest absolute Gasteiger partial charge is 0.481 e. The molecule has 110 valence electrons. The highest BCUT2D eigenvalue weighted by atomic mass is 16.4. The van der Waals surface area contributed by atoms with Crippen molar-refractivity contribution in [2.24, 2.45) is 5.41 Å². The predicted molar refractivity (Wildman–Crippen MR) is 78.6 cm³/mol. The molecule has 0 radical (unpaired) electrons. The molecule has 1 N–H and O–H groups in total. The fourth-order valence-electron chi connectivity index (χ4n) is 3.07. The van der Waals surface area contributed by atoms with E-state index in [-0.39, 0.29) is 0 Å². The van der Waals surface area contributed by atoms with Gasteiger partial charge in [0.1, 0.15) is 0 Å². The van der Waals surface area contributed by atoms with E-state index in [1.807, 2.05) is 24.4 Å². The third-order valence-corrected chi connectivity index (χ3v) is 4.41. The van der Waals surface area contributed by atoms with E-state index in [0.29, 0.717) is 0 Å². The van der Waals surface area contributed by atoms with Gasteiger partial charge in [0.25, 0.3) is 0 Å². The van der Waals surface area contributed by atoms with E-state index in [1.165, 1.54) is 0 Å². The summed E-state index contributed by atoms with van der Waals surface area (Å²) in [5.74, 6) is -0.608. The average molecular weight is 276 g/mol. The molecular formula is C16H24N2O2. The molecule has 2 rings (SSSR count). The van der Waals surface area contributed by atoms with Crippen molar-refractivity contribution < 1.29 is 9.90 Å². The van der Waals surface area contributed by atoms with Crippen molar-refractivity contribution in [3.8, 4) is 0 Å². The van der Waals surface area contributed by atoms with Crippen molar-refractivity contribution in [1.29, 1.82) is 0 Å². The maximum Gasteiger partial charge on any atom is 0.309 e. The molecule has 1 fully saturated rings. The van der Waals surface area contributed by atoms with Crippen LogP contribution in [0.1, 0.15) is 38.3 Å². The summed E-state index contributed by atoms with van der Waals surface area (Å²) >= 11 is 0. The van der Waals surface area contributed by atoms with Crippen LogP contribution in [0.25, 0.3) is 0 Å². The van der Waals surface area contributed by atoms with Crippen molar-refractivity contribution in [3.05, 3.63) is 30.1 Å². The Bertz CT molecular complexity index is 425.